The summed E-state index contributed by atoms with van der Waals surface area (Å²) < 4.78 is 11.4. The molecular formula is C22H28N2O3. The zero-order valence-corrected chi connectivity index (χ0v) is 16.3. The van der Waals surface area contributed by atoms with Crippen LogP contribution in [0.1, 0.15) is 55.2 Å². The highest BCUT2D eigenvalue weighted by Gasteiger charge is 2.32. The van der Waals surface area contributed by atoms with E-state index in [2.05, 4.69) is 19.2 Å². The van der Waals surface area contributed by atoms with Gasteiger partial charge in [0.1, 0.15) is 6.17 Å². The average Bonchev–Trinajstić information content (AvgIpc) is 2.70. The van der Waals surface area contributed by atoms with E-state index in [1.165, 1.54) is 0 Å². The van der Waals surface area contributed by atoms with E-state index in [1.54, 1.807) is 7.11 Å². The van der Waals surface area contributed by atoms with E-state index in [9.17, 15) is 4.79 Å². The Kier molecular flexibility index (Phi) is 6.22. The molecule has 144 valence electrons. The number of rotatable bonds is 8. The van der Waals surface area contributed by atoms with E-state index in [0.717, 1.165) is 36.3 Å². The van der Waals surface area contributed by atoms with Crippen molar-refractivity contribution in [1.82, 2.24) is 4.90 Å². The van der Waals surface area contributed by atoms with E-state index in [-0.39, 0.29) is 12.1 Å². The molecule has 1 aliphatic heterocycles. The van der Waals surface area contributed by atoms with Crippen LogP contribution in [0.5, 0.6) is 11.5 Å². The van der Waals surface area contributed by atoms with E-state index in [1.807, 2.05) is 47.4 Å². The van der Waals surface area contributed by atoms with Gasteiger partial charge >= 0.3 is 0 Å². The van der Waals surface area contributed by atoms with E-state index < -0.39 is 0 Å². The SMILES string of the molecule is CCCCOc1ccc(C2Nc3ccccc3C(=O)N2CCC)cc1OC. The third-order valence-electron chi connectivity index (χ3n) is 4.75. The number of fused-ring (bicyclic) bond motifs is 1. The Hall–Kier alpha value is -2.69. The minimum absolute atomic E-state index is 0.0541. The van der Waals surface area contributed by atoms with Crippen molar-refractivity contribution in [3.63, 3.8) is 0 Å². The quantitative estimate of drug-likeness (QED) is 0.677. The van der Waals surface area contributed by atoms with Gasteiger partial charge in [-0.15, -0.1) is 0 Å². The lowest BCUT2D eigenvalue weighted by atomic mass is 10.0. The molecule has 5 heteroatoms. The maximum absolute atomic E-state index is 13.0. The van der Waals surface area contributed by atoms with E-state index >= 15 is 0 Å². The monoisotopic (exact) mass is 368 g/mol. The minimum atomic E-state index is -0.231. The average molecular weight is 368 g/mol. The van der Waals surface area contributed by atoms with Crippen molar-refractivity contribution in [1.29, 1.82) is 0 Å². The highest BCUT2D eigenvalue weighted by atomic mass is 16.5. The second-order valence-electron chi connectivity index (χ2n) is 6.70. The van der Waals surface area contributed by atoms with Crippen LogP contribution in [-0.4, -0.2) is 31.1 Å². The van der Waals surface area contributed by atoms with Gasteiger partial charge in [0.15, 0.2) is 11.5 Å². The van der Waals surface area contributed by atoms with E-state index in [0.29, 0.717) is 24.5 Å². The smallest absolute Gasteiger partial charge is 0.257 e. The van der Waals surface area contributed by atoms with Crippen molar-refractivity contribution < 1.29 is 14.3 Å². The Morgan fingerprint density at radius 2 is 1.89 bits per heavy atom. The van der Waals surface area contributed by atoms with Crippen molar-refractivity contribution in [3.05, 3.63) is 53.6 Å². The number of unbranched alkanes of at least 4 members (excludes halogenated alkanes) is 1. The van der Waals surface area contributed by atoms with Crippen molar-refractivity contribution in [3.8, 4) is 11.5 Å². The molecule has 0 saturated heterocycles. The number of ether oxygens (including phenoxy) is 2. The zero-order valence-electron chi connectivity index (χ0n) is 16.3. The van der Waals surface area contributed by atoms with Crippen molar-refractivity contribution in [2.24, 2.45) is 0 Å². The van der Waals surface area contributed by atoms with Crippen LogP contribution in [0.4, 0.5) is 5.69 Å². The molecule has 1 aliphatic rings. The maximum atomic E-state index is 13.0. The minimum Gasteiger partial charge on any atom is -0.493 e. The van der Waals surface area contributed by atoms with Gasteiger partial charge in [-0.25, -0.2) is 0 Å². The number of amides is 1. The number of para-hydroxylation sites is 1. The predicted molar refractivity (Wildman–Crippen MR) is 108 cm³/mol. The second kappa shape index (κ2) is 8.80. The second-order valence-corrected chi connectivity index (χ2v) is 6.70. The number of hydrogen-bond donors (Lipinski definition) is 1. The van der Waals surface area contributed by atoms with Crippen LogP contribution in [-0.2, 0) is 0 Å². The Bertz CT molecular complexity index is 791. The summed E-state index contributed by atoms with van der Waals surface area (Å²) in [4.78, 5) is 14.9. The van der Waals surface area contributed by atoms with Crippen molar-refractivity contribution in [2.75, 3.05) is 25.6 Å². The summed E-state index contributed by atoms with van der Waals surface area (Å²) in [6.07, 6.45) is 2.75. The molecule has 1 N–H and O–H groups in total. The third kappa shape index (κ3) is 4.02. The molecule has 1 amide bonds. The van der Waals surface area contributed by atoms with Crippen LogP contribution < -0.4 is 14.8 Å². The predicted octanol–water partition coefficient (Wildman–Crippen LogP) is 4.85. The number of carbonyl (C=O) groups is 1. The summed E-state index contributed by atoms with van der Waals surface area (Å²) in [5.41, 5.74) is 2.56. The van der Waals surface area contributed by atoms with Crippen LogP contribution >= 0.6 is 0 Å². The fraction of sp³-hybridized carbons (Fsp3) is 0.409. The lowest BCUT2D eigenvalue weighted by molar-refractivity contribution is 0.0683. The number of hydrogen-bond acceptors (Lipinski definition) is 4. The molecule has 2 aromatic carbocycles. The molecule has 0 saturated carbocycles. The van der Waals surface area contributed by atoms with Gasteiger partial charge in [0.25, 0.3) is 5.91 Å². The maximum Gasteiger partial charge on any atom is 0.257 e. The number of nitrogens with one attached hydrogen (secondary N) is 1. The number of carbonyl (C=O) groups excluding carboxylic acids is 1. The van der Waals surface area contributed by atoms with Crippen LogP contribution in [0, 0.1) is 0 Å². The van der Waals surface area contributed by atoms with Gasteiger partial charge in [0, 0.05) is 12.2 Å². The Morgan fingerprint density at radius 1 is 1.07 bits per heavy atom. The molecule has 0 spiro atoms. The Labute approximate surface area is 161 Å². The van der Waals surface area contributed by atoms with Gasteiger partial charge in [-0.2, -0.15) is 0 Å². The van der Waals surface area contributed by atoms with Crippen LogP contribution in [0.3, 0.4) is 0 Å². The first-order valence-electron chi connectivity index (χ1n) is 9.66. The number of benzene rings is 2. The molecule has 0 radical (unpaired) electrons. The summed E-state index contributed by atoms with van der Waals surface area (Å²) in [5, 5.41) is 3.51. The van der Waals surface area contributed by atoms with Gasteiger partial charge in [-0.3, -0.25) is 4.79 Å². The highest BCUT2D eigenvalue weighted by Crippen LogP contribution is 2.37. The van der Waals surface area contributed by atoms with Gasteiger partial charge in [-0.1, -0.05) is 38.5 Å². The normalized spacial score (nSPS) is 15.9. The van der Waals surface area contributed by atoms with Gasteiger partial charge in [-0.05, 0) is 42.7 Å². The fourth-order valence-electron chi connectivity index (χ4n) is 3.33. The molecule has 1 atom stereocenters. The topological polar surface area (TPSA) is 50.8 Å². The molecule has 0 bridgehead atoms. The lowest BCUT2D eigenvalue weighted by Gasteiger charge is -2.38. The van der Waals surface area contributed by atoms with Crippen molar-refractivity contribution >= 4 is 11.6 Å². The molecule has 0 aliphatic carbocycles. The third-order valence-corrected chi connectivity index (χ3v) is 4.75. The first kappa shape index (κ1) is 19.1. The van der Waals surface area contributed by atoms with E-state index in [4.69, 9.17) is 9.47 Å². The van der Waals surface area contributed by atoms with Gasteiger partial charge in [0.2, 0.25) is 0 Å². The first-order valence-corrected chi connectivity index (χ1v) is 9.66. The zero-order chi connectivity index (χ0) is 19.2. The highest BCUT2D eigenvalue weighted by molar-refractivity contribution is 6.01. The number of nitrogens with zero attached hydrogens (tertiary/aromatic N) is 1. The summed E-state index contributed by atoms with van der Waals surface area (Å²) in [6.45, 7) is 5.56. The summed E-state index contributed by atoms with van der Waals surface area (Å²) in [5.74, 6) is 1.48. The fourth-order valence-corrected chi connectivity index (χ4v) is 3.33. The van der Waals surface area contributed by atoms with Crippen LogP contribution in [0.15, 0.2) is 42.5 Å². The molecule has 0 aromatic heterocycles. The summed E-state index contributed by atoms with van der Waals surface area (Å²) in [7, 11) is 1.64. The molecule has 27 heavy (non-hydrogen) atoms. The molecule has 2 aromatic rings. The molecule has 1 unspecified atom stereocenters. The molecule has 3 rings (SSSR count). The number of methoxy groups -OCH3 is 1. The Balaban J connectivity index is 1.92. The van der Waals surface area contributed by atoms with Gasteiger partial charge < -0.3 is 19.7 Å². The summed E-state index contributed by atoms with van der Waals surface area (Å²) >= 11 is 0. The van der Waals surface area contributed by atoms with Crippen LogP contribution in [0.2, 0.25) is 0 Å². The standard InChI is InChI=1S/C22H28N2O3/c1-4-6-14-27-19-12-11-16(15-20(19)26-3)21-23-18-10-8-7-9-17(18)22(25)24(21)13-5-2/h7-12,15,21,23H,4-6,13-14H2,1-3H3. The van der Waals surface area contributed by atoms with Crippen molar-refractivity contribution in [2.45, 2.75) is 39.3 Å². The molecule has 0 fully saturated rings. The molecule has 1 heterocycles. The molecular weight excluding hydrogens is 340 g/mol. The Morgan fingerprint density at radius 3 is 2.63 bits per heavy atom. The summed E-state index contributed by atoms with van der Waals surface area (Å²) in [6, 6.07) is 13.6. The number of anilines is 1. The first-order chi connectivity index (χ1) is 13.2. The van der Waals surface area contributed by atoms with Crippen LogP contribution in [0.25, 0.3) is 0 Å². The lowest BCUT2D eigenvalue weighted by Crippen LogP contribution is -2.43. The van der Waals surface area contributed by atoms with Gasteiger partial charge in [0.05, 0.1) is 19.3 Å². The molecule has 5 nitrogen and oxygen atoms in total. The largest absolute Gasteiger partial charge is 0.493 e.